The summed E-state index contributed by atoms with van der Waals surface area (Å²) in [7, 11) is -1.52. The van der Waals surface area contributed by atoms with Crippen molar-refractivity contribution < 1.29 is 14.4 Å². The molecule has 0 saturated heterocycles. The van der Waals surface area contributed by atoms with Crippen LogP contribution in [0.4, 0.5) is 4.39 Å². The van der Waals surface area contributed by atoms with Crippen molar-refractivity contribution in [2.75, 3.05) is 0 Å². The van der Waals surface area contributed by atoms with Gasteiger partial charge >= 0.3 is 7.12 Å². The third kappa shape index (κ3) is 2.15. The lowest BCUT2D eigenvalue weighted by Gasteiger charge is -1.99. The van der Waals surface area contributed by atoms with Gasteiger partial charge < -0.3 is 10.0 Å². The summed E-state index contributed by atoms with van der Waals surface area (Å²) in [6.45, 7) is 0. The molecule has 0 atom stereocenters. The van der Waals surface area contributed by atoms with E-state index in [4.69, 9.17) is 10.0 Å². The van der Waals surface area contributed by atoms with Crippen molar-refractivity contribution in [1.82, 2.24) is 0 Å². The van der Waals surface area contributed by atoms with Crippen LogP contribution >= 0.6 is 22.6 Å². The fraction of sp³-hybridized carbons (Fsp3) is 0. The van der Waals surface area contributed by atoms with Crippen LogP contribution in [0.3, 0.4) is 0 Å². The Balaban J connectivity index is 3.05. The summed E-state index contributed by atoms with van der Waals surface area (Å²) < 4.78 is 13.0. The zero-order valence-corrected chi connectivity index (χ0v) is 7.62. The van der Waals surface area contributed by atoms with Crippen LogP contribution in [0.2, 0.25) is 0 Å². The van der Waals surface area contributed by atoms with E-state index in [1.54, 1.807) is 22.6 Å². The van der Waals surface area contributed by atoms with Gasteiger partial charge in [-0.25, -0.2) is 4.39 Å². The average molecular weight is 266 g/mol. The first kappa shape index (κ1) is 8.96. The van der Waals surface area contributed by atoms with Gasteiger partial charge in [-0.3, -0.25) is 0 Å². The molecule has 11 heavy (non-hydrogen) atoms. The summed E-state index contributed by atoms with van der Waals surface area (Å²) in [5.74, 6) is -0.352. The van der Waals surface area contributed by atoms with E-state index >= 15 is 0 Å². The molecule has 0 amide bonds. The zero-order chi connectivity index (χ0) is 8.43. The predicted octanol–water partition coefficient (Wildman–Crippen LogP) is 0.110. The maximum atomic E-state index is 12.6. The Morgan fingerprint density at radius 3 is 2.45 bits per heavy atom. The molecule has 2 N–H and O–H groups in total. The first-order chi connectivity index (χ1) is 5.11. The first-order valence-electron chi connectivity index (χ1n) is 2.92. The minimum Gasteiger partial charge on any atom is -0.423 e. The molecule has 0 fully saturated rings. The summed E-state index contributed by atoms with van der Waals surface area (Å²) in [6.07, 6.45) is 0. The van der Waals surface area contributed by atoms with Crippen LogP contribution in [-0.4, -0.2) is 17.2 Å². The fourth-order valence-corrected chi connectivity index (χ4v) is 1.21. The van der Waals surface area contributed by atoms with Gasteiger partial charge in [0.1, 0.15) is 5.82 Å². The Labute approximate surface area is 77.3 Å². The normalized spacial score (nSPS) is 9.82. The standard InChI is InChI=1S/C6H5BFIO2/c8-5-2-1-4(7(10)11)3-6(5)9/h1-3,10-11H. The topological polar surface area (TPSA) is 40.5 Å². The highest BCUT2D eigenvalue weighted by atomic mass is 127. The van der Waals surface area contributed by atoms with Crippen LogP contribution in [0.1, 0.15) is 0 Å². The van der Waals surface area contributed by atoms with E-state index < -0.39 is 7.12 Å². The summed E-state index contributed by atoms with van der Waals surface area (Å²) >= 11 is 1.79. The number of benzene rings is 1. The van der Waals surface area contributed by atoms with E-state index in [0.717, 1.165) is 0 Å². The number of halogens is 2. The molecule has 0 saturated carbocycles. The van der Waals surface area contributed by atoms with Crippen molar-refractivity contribution in [1.29, 1.82) is 0 Å². The molecule has 2 nitrogen and oxygen atoms in total. The van der Waals surface area contributed by atoms with Crippen LogP contribution in [0.15, 0.2) is 18.2 Å². The van der Waals surface area contributed by atoms with Gasteiger partial charge in [0, 0.05) is 3.57 Å². The third-order valence-corrected chi connectivity index (χ3v) is 2.07. The zero-order valence-electron chi connectivity index (χ0n) is 5.46. The second kappa shape index (κ2) is 3.51. The molecule has 0 unspecified atom stereocenters. The molecule has 0 heterocycles. The van der Waals surface area contributed by atoms with E-state index in [1.165, 1.54) is 18.2 Å². The highest BCUT2D eigenvalue weighted by molar-refractivity contribution is 14.1. The van der Waals surface area contributed by atoms with Crippen LogP contribution in [0, 0.1) is 9.39 Å². The molecule has 0 radical (unpaired) electrons. The number of rotatable bonds is 1. The van der Waals surface area contributed by atoms with Gasteiger partial charge in [-0.1, -0.05) is 6.07 Å². The Morgan fingerprint density at radius 2 is 2.00 bits per heavy atom. The molecule has 1 aromatic rings. The van der Waals surface area contributed by atoms with Crippen molar-refractivity contribution in [3.63, 3.8) is 0 Å². The van der Waals surface area contributed by atoms with Crippen molar-refractivity contribution in [2.24, 2.45) is 0 Å². The summed E-state index contributed by atoms with van der Waals surface area (Å²) in [5.41, 5.74) is 0.302. The van der Waals surface area contributed by atoms with E-state index in [-0.39, 0.29) is 5.82 Å². The lowest BCUT2D eigenvalue weighted by molar-refractivity contribution is 0.425. The highest BCUT2D eigenvalue weighted by Crippen LogP contribution is 2.07. The Kier molecular flexibility index (Phi) is 2.86. The van der Waals surface area contributed by atoms with Gasteiger partial charge in [0.05, 0.1) is 0 Å². The van der Waals surface area contributed by atoms with E-state index in [0.29, 0.717) is 9.03 Å². The maximum absolute atomic E-state index is 12.6. The second-order valence-corrected chi connectivity index (χ2v) is 3.21. The fourth-order valence-electron chi connectivity index (χ4n) is 0.673. The first-order valence-corrected chi connectivity index (χ1v) is 4.00. The van der Waals surface area contributed by atoms with Crippen molar-refractivity contribution in [3.05, 3.63) is 27.6 Å². The minimum atomic E-state index is -1.52. The molecule has 0 aliphatic rings. The predicted molar refractivity (Wildman–Crippen MR) is 48.9 cm³/mol. The quantitative estimate of drug-likeness (QED) is 0.559. The second-order valence-electron chi connectivity index (χ2n) is 2.05. The van der Waals surface area contributed by atoms with Crippen LogP contribution in [-0.2, 0) is 0 Å². The van der Waals surface area contributed by atoms with Crippen LogP contribution in [0.5, 0.6) is 0 Å². The minimum absolute atomic E-state index is 0.302. The average Bonchev–Trinajstić information content (AvgIpc) is 1.94. The van der Waals surface area contributed by atoms with E-state index in [9.17, 15) is 4.39 Å². The molecule has 0 spiro atoms. The molecule has 58 valence electrons. The van der Waals surface area contributed by atoms with Gasteiger partial charge in [-0.2, -0.15) is 0 Å². The summed E-state index contributed by atoms with van der Waals surface area (Å²) in [5, 5.41) is 17.3. The van der Waals surface area contributed by atoms with Crippen molar-refractivity contribution in [2.45, 2.75) is 0 Å². The van der Waals surface area contributed by atoms with E-state index in [1.807, 2.05) is 0 Å². The van der Waals surface area contributed by atoms with Gasteiger partial charge in [0.15, 0.2) is 0 Å². The Hall–Kier alpha value is -0.135. The monoisotopic (exact) mass is 266 g/mol. The molecular formula is C6H5BFIO2. The Bertz CT molecular complexity index is 267. The number of hydrogen-bond donors (Lipinski definition) is 2. The van der Waals surface area contributed by atoms with Gasteiger partial charge in [0.25, 0.3) is 0 Å². The van der Waals surface area contributed by atoms with Crippen molar-refractivity contribution in [3.8, 4) is 0 Å². The third-order valence-electron chi connectivity index (χ3n) is 1.24. The maximum Gasteiger partial charge on any atom is 0.488 e. The van der Waals surface area contributed by atoms with Gasteiger partial charge in [-0.15, -0.1) is 0 Å². The molecule has 1 rings (SSSR count). The molecule has 1 aromatic carbocycles. The van der Waals surface area contributed by atoms with Crippen LogP contribution in [0.25, 0.3) is 0 Å². The van der Waals surface area contributed by atoms with Gasteiger partial charge in [0.2, 0.25) is 0 Å². The SMILES string of the molecule is OB(O)c1ccc(F)c(I)c1. The molecule has 0 aromatic heterocycles. The Morgan fingerprint density at radius 1 is 1.36 bits per heavy atom. The summed E-state index contributed by atoms with van der Waals surface area (Å²) in [4.78, 5) is 0. The molecule has 0 aliphatic carbocycles. The lowest BCUT2D eigenvalue weighted by Crippen LogP contribution is -2.30. The smallest absolute Gasteiger partial charge is 0.423 e. The molecular weight excluding hydrogens is 261 g/mol. The van der Waals surface area contributed by atoms with Crippen LogP contribution < -0.4 is 5.46 Å². The number of hydrogen-bond acceptors (Lipinski definition) is 2. The summed E-state index contributed by atoms with van der Waals surface area (Å²) in [6, 6.07) is 3.93. The molecule has 0 aliphatic heterocycles. The highest BCUT2D eigenvalue weighted by Gasteiger charge is 2.11. The largest absolute Gasteiger partial charge is 0.488 e. The van der Waals surface area contributed by atoms with E-state index in [2.05, 4.69) is 0 Å². The van der Waals surface area contributed by atoms with Gasteiger partial charge in [-0.05, 0) is 40.2 Å². The molecule has 0 bridgehead atoms. The van der Waals surface area contributed by atoms with Crippen molar-refractivity contribution >= 4 is 35.2 Å². The molecule has 5 heteroatoms. The lowest BCUT2D eigenvalue weighted by atomic mass is 9.80.